The lowest BCUT2D eigenvalue weighted by Crippen LogP contribution is -2.43. The first-order chi connectivity index (χ1) is 10.6. The molecule has 120 valence electrons. The summed E-state index contributed by atoms with van der Waals surface area (Å²) in [6.45, 7) is 4.85. The van der Waals surface area contributed by atoms with Gasteiger partial charge in [-0.15, -0.1) is 0 Å². The van der Waals surface area contributed by atoms with Crippen LogP contribution in [0.25, 0.3) is 0 Å². The van der Waals surface area contributed by atoms with Gasteiger partial charge in [-0.05, 0) is 24.7 Å². The highest BCUT2D eigenvalue weighted by molar-refractivity contribution is 5.34. The van der Waals surface area contributed by atoms with Crippen molar-refractivity contribution in [2.75, 3.05) is 46.4 Å². The van der Waals surface area contributed by atoms with Crippen LogP contribution in [0, 0.1) is 17.1 Å². The smallest absolute Gasteiger partial charge is 0.140 e. The van der Waals surface area contributed by atoms with Gasteiger partial charge in [-0.2, -0.15) is 5.26 Å². The number of halogens is 1. The van der Waals surface area contributed by atoms with Crippen molar-refractivity contribution in [2.24, 2.45) is 0 Å². The Morgan fingerprint density at radius 2 is 2.18 bits per heavy atom. The number of benzene rings is 1. The van der Waals surface area contributed by atoms with Gasteiger partial charge >= 0.3 is 0 Å². The molecular weight excluding hydrogens is 285 g/mol. The fourth-order valence-electron chi connectivity index (χ4n) is 2.63. The second-order valence-corrected chi connectivity index (χ2v) is 5.69. The van der Waals surface area contributed by atoms with Crippen molar-refractivity contribution in [2.45, 2.75) is 12.6 Å². The fourth-order valence-corrected chi connectivity index (χ4v) is 2.63. The lowest BCUT2D eigenvalue weighted by molar-refractivity contribution is 0.00825. The SMILES string of the molecule is CN(Cc1ccc(F)c(C#N)c1)CC(O)CN1CCOCC1. The highest BCUT2D eigenvalue weighted by Crippen LogP contribution is 2.11. The molecule has 6 heteroatoms. The number of aliphatic hydroxyl groups excluding tert-OH is 1. The van der Waals surface area contributed by atoms with Crippen molar-refractivity contribution >= 4 is 0 Å². The topological polar surface area (TPSA) is 59.7 Å². The molecule has 0 saturated carbocycles. The second kappa shape index (κ2) is 8.20. The minimum atomic E-state index is -0.499. The van der Waals surface area contributed by atoms with E-state index in [9.17, 15) is 9.50 Å². The van der Waals surface area contributed by atoms with E-state index < -0.39 is 11.9 Å². The second-order valence-electron chi connectivity index (χ2n) is 5.69. The summed E-state index contributed by atoms with van der Waals surface area (Å²) in [7, 11) is 1.90. The average molecular weight is 307 g/mol. The van der Waals surface area contributed by atoms with E-state index >= 15 is 0 Å². The standard InChI is InChI=1S/C16H22FN3O2/c1-19(10-13-2-3-16(17)14(8-13)9-18)11-15(21)12-20-4-6-22-7-5-20/h2-3,8,15,21H,4-7,10-12H2,1H3. The maximum absolute atomic E-state index is 13.3. The maximum Gasteiger partial charge on any atom is 0.140 e. The number of hydrogen-bond donors (Lipinski definition) is 1. The van der Waals surface area contributed by atoms with Crippen LogP contribution in [0.15, 0.2) is 18.2 Å². The summed E-state index contributed by atoms with van der Waals surface area (Å²) < 4.78 is 18.6. The van der Waals surface area contributed by atoms with E-state index in [0.29, 0.717) is 19.6 Å². The number of rotatable bonds is 6. The molecule has 1 heterocycles. The number of morpholine rings is 1. The van der Waals surface area contributed by atoms with E-state index in [4.69, 9.17) is 10.00 Å². The predicted octanol–water partition coefficient (Wildman–Crippen LogP) is 0.822. The van der Waals surface area contributed by atoms with E-state index in [0.717, 1.165) is 31.9 Å². The van der Waals surface area contributed by atoms with Gasteiger partial charge in [0.1, 0.15) is 11.9 Å². The first-order valence-corrected chi connectivity index (χ1v) is 7.43. The Morgan fingerprint density at radius 1 is 1.45 bits per heavy atom. The average Bonchev–Trinajstić information content (AvgIpc) is 2.50. The van der Waals surface area contributed by atoms with Gasteiger partial charge in [0.2, 0.25) is 0 Å². The molecule has 0 aromatic heterocycles. The van der Waals surface area contributed by atoms with Crippen LogP contribution < -0.4 is 0 Å². The van der Waals surface area contributed by atoms with Gasteiger partial charge in [-0.1, -0.05) is 6.07 Å². The van der Waals surface area contributed by atoms with Gasteiger partial charge in [0.15, 0.2) is 0 Å². The Labute approximate surface area is 130 Å². The zero-order chi connectivity index (χ0) is 15.9. The van der Waals surface area contributed by atoms with Gasteiger partial charge in [0, 0.05) is 32.7 Å². The number of hydrogen-bond acceptors (Lipinski definition) is 5. The Kier molecular flexibility index (Phi) is 6.28. The molecule has 0 radical (unpaired) electrons. The Hall–Kier alpha value is -1.52. The molecule has 1 unspecified atom stereocenters. The van der Waals surface area contributed by atoms with Crippen molar-refractivity contribution in [3.8, 4) is 6.07 Å². The minimum Gasteiger partial charge on any atom is -0.390 e. The lowest BCUT2D eigenvalue weighted by Gasteiger charge is -2.30. The van der Waals surface area contributed by atoms with Crippen molar-refractivity contribution in [3.05, 3.63) is 35.1 Å². The Morgan fingerprint density at radius 3 is 2.86 bits per heavy atom. The number of nitriles is 1. The van der Waals surface area contributed by atoms with E-state index in [1.807, 2.05) is 18.0 Å². The summed E-state index contributed by atoms with van der Waals surface area (Å²) in [6.07, 6.45) is -0.445. The van der Waals surface area contributed by atoms with Crippen LogP contribution in [0.3, 0.4) is 0 Å². The highest BCUT2D eigenvalue weighted by Gasteiger charge is 2.16. The molecule has 5 nitrogen and oxygen atoms in total. The molecule has 0 bridgehead atoms. The van der Waals surface area contributed by atoms with E-state index in [-0.39, 0.29) is 5.56 Å². The van der Waals surface area contributed by atoms with Gasteiger partial charge in [-0.25, -0.2) is 4.39 Å². The fraction of sp³-hybridized carbons (Fsp3) is 0.562. The number of aliphatic hydroxyl groups is 1. The number of nitrogens with zero attached hydrogens (tertiary/aromatic N) is 3. The van der Waals surface area contributed by atoms with E-state index in [1.165, 1.54) is 6.07 Å². The molecule has 1 aromatic rings. The van der Waals surface area contributed by atoms with Gasteiger partial charge < -0.3 is 9.84 Å². The highest BCUT2D eigenvalue weighted by atomic mass is 19.1. The molecule has 1 fully saturated rings. The summed E-state index contributed by atoms with van der Waals surface area (Å²) in [6, 6.07) is 6.38. The third-order valence-electron chi connectivity index (χ3n) is 3.70. The maximum atomic E-state index is 13.3. The third kappa shape index (κ3) is 5.04. The molecule has 0 aliphatic carbocycles. The molecule has 2 rings (SSSR count). The summed E-state index contributed by atoms with van der Waals surface area (Å²) in [4.78, 5) is 4.16. The largest absolute Gasteiger partial charge is 0.390 e. The molecule has 1 aliphatic rings. The van der Waals surface area contributed by atoms with E-state index in [1.54, 1.807) is 12.1 Å². The number of ether oxygens (including phenoxy) is 1. The molecule has 0 amide bonds. The summed E-state index contributed by atoms with van der Waals surface area (Å²) in [5.74, 6) is -0.499. The molecule has 0 spiro atoms. The van der Waals surface area contributed by atoms with Crippen LogP contribution in [-0.4, -0.2) is 67.5 Å². The first kappa shape index (κ1) is 16.8. The van der Waals surface area contributed by atoms with Crippen LogP contribution in [0.1, 0.15) is 11.1 Å². The zero-order valence-electron chi connectivity index (χ0n) is 12.8. The van der Waals surface area contributed by atoms with E-state index in [2.05, 4.69) is 4.90 Å². The molecule has 1 aromatic carbocycles. The van der Waals surface area contributed by atoms with Crippen LogP contribution >= 0.6 is 0 Å². The normalized spacial score (nSPS) is 17.4. The van der Waals surface area contributed by atoms with Crippen LogP contribution in [0.5, 0.6) is 0 Å². The van der Waals surface area contributed by atoms with Crippen molar-refractivity contribution < 1.29 is 14.2 Å². The van der Waals surface area contributed by atoms with Gasteiger partial charge in [0.05, 0.1) is 24.9 Å². The molecule has 22 heavy (non-hydrogen) atoms. The zero-order valence-corrected chi connectivity index (χ0v) is 12.8. The molecule has 1 N–H and O–H groups in total. The Balaban J connectivity index is 1.81. The molecule has 1 atom stereocenters. The third-order valence-corrected chi connectivity index (χ3v) is 3.70. The van der Waals surface area contributed by atoms with Crippen molar-refractivity contribution in [3.63, 3.8) is 0 Å². The van der Waals surface area contributed by atoms with Crippen LogP contribution in [0.2, 0.25) is 0 Å². The molecular formula is C16H22FN3O2. The number of likely N-dealkylation sites (N-methyl/N-ethyl adjacent to an activating group) is 1. The molecule has 1 saturated heterocycles. The molecule has 1 aliphatic heterocycles. The summed E-state index contributed by atoms with van der Waals surface area (Å²) >= 11 is 0. The first-order valence-electron chi connectivity index (χ1n) is 7.43. The summed E-state index contributed by atoms with van der Waals surface area (Å²) in [5.41, 5.74) is 0.916. The van der Waals surface area contributed by atoms with Crippen molar-refractivity contribution in [1.29, 1.82) is 5.26 Å². The van der Waals surface area contributed by atoms with Crippen LogP contribution in [-0.2, 0) is 11.3 Å². The van der Waals surface area contributed by atoms with Gasteiger partial charge in [-0.3, -0.25) is 9.80 Å². The Bertz CT molecular complexity index is 527. The van der Waals surface area contributed by atoms with Gasteiger partial charge in [0.25, 0.3) is 0 Å². The lowest BCUT2D eigenvalue weighted by atomic mass is 10.1. The summed E-state index contributed by atoms with van der Waals surface area (Å²) in [5, 5.41) is 19.0. The minimum absolute atomic E-state index is 0.0553. The monoisotopic (exact) mass is 307 g/mol. The number of β-amino-alcohol motifs (C(OH)–C–C–N with tert-alkyl or cyclic N) is 1. The van der Waals surface area contributed by atoms with Crippen LogP contribution in [0.4, 0.5) is 4.39 Å². The predicted molar refractivity (Wildman–Crippen MR) is 80.7 cm³/mol. The van der Waals surface area contributed by atoms with Crippen molar-refractivity contribution in [1.82, 2.24) is 9.80 Å². The quantitative estimate of drug-likeness (QED) is 0.843.